The average Bonchev–Trinajstić information content (AvgIpc) is 2.36. The maximum absolute atomic E-state index is 10.9. The summed E-state index contributed by atoms with van der Waals surface area (Å²) in [5, 5.41) is 0. The molecule has 1 rings (SSSR count). The molecule has 1 aliphatic rings. The van der Waals surface area contributed by atoms with E-state index in [0.29, 0.717) is 0 Å². The smallest absolute Gasteiger partial charge is 0.122 e. The first kappa shape index (κ1) is 9.11. The standard InChI is InChI=1S/C7H14O3P/c1-7(5-3-4-6-7)10-11(8)9-2/h3-6H2,1-2H3/q+1. The van der Waals surface area contributed by atoms with Gasteiger partial charge in [-0.25, -0.2) is 0 Å². The van der Waals surface area contributed by atoms with Crippen LogP contribution in [0.4, 0.5) is 0 Å². The topological polar surface area (TPSA) is 35.5 Å². The minimum Gasteiger partial charge on any atom is -0.122 e. The molecule has 0 aromatic rings. The number of hydrogen-bond acceptors (Lipinski definition) is 3. The van der Waals surface area contributed by atoms with Crippen molar-refractivity contribution in [2.45, 2.75) is 38.2 Å². The second kappa shape index (κ2) is 3.61. The van der Waals surface area contributed by atoms with Gasteiger partial charge in [0.25, 0.3) is 0 Å². The molecule has 0 saturated heterocycles. The van der Waals surface area contributed by atoms with Crippen LogP contribution in [-0.4, -0.2) is 12.7 Å². The lowest BCUT2D eigenvalue weighted by Crippen LogP contribution is -2.20. The zero-order valence-corrected chi connectivity index (χ0v) is 7.89. The van der Waals surface area contributed by atoms with Crippen LogP contribution in [0.1, 0.15) is 32.6 Å². The van der Waals surface area contributed by atoms with Gasteiger partial charge in [-0.15, -0.1) is 9.05 Å². The van der Waals surface area contributed by atoms with Crippen molar-refractivity contribution in [3.8, 4) is 0 Å². The molecular weight excluding hydrogens is 163 g/mol. The Bertz CT molecular complexity index is 152. The Kier molecular flexibility index (Phi) is 2.99. The van der Waals surface area contributed by atoms with Gasteiger partial charge in [0.05, 0.1) is 7.11 Å². The van der Waals surface area contributed by atoms with Crippen LogP contribution in [0.25, 0.3) is 0 Å². The summed E-state index contributed by atoms with van der Waals surface area (Å²) in [6, 6.07) is 0. The molecule has 1 unspecified atom stereocenters. The lowest BCUT2D eigenvalue weighted by Gasteiger charge is -2.13. The van der Waals surface area contributed by atoms with Crippen molar-refractivity contribution in [1.29, 1.82) is 0 Å². The van der Waals surface area contributed by atoms with Crippen molar-refractivity contribution in [3.05, 3.63) is 0 Å². The first-order valence-corrected chi connectivity index (χ1v) is 4.96. The molecular formula is C7H14O3P+. The third kappa shape index (κ3) is 2.51. The van der Waals surface area contributed by atoms with Gasteiger partial charge in [0.15, 0.2) is 0 Å². The highest BCUT2D eigenvalue weighted by Gasteiger charge is 2.39. The molecule has 1 atom stereocenters. The molecule has 0 radical (unpaired) electrons. The van der Waals surface area contributed by atoms with Gasteiger partial charge in [0.2, 0.25) is 0 Å². The van der Waals surface area contributed by atoms with Crippen molar-refractivity contribution in [2.24, 2.45) is 0 Å². The van der Waals surface area contributed by atoms with Gasteiger partial charge in [0.1, 0.15) is 5.60 Å². The number of hydrogen-bond donors (Lipinski definition) is 0. The normalized spacial score (nSPS) is 23.6. The Morgan fingerprint density at radius 3 is 2.36 bits per heavy atom. The Hall–Kier alpha value is 0.0200. The fourth-order valence-electron chi connectivity index (χ4n) is 1.43. The monoisotopic (exact) mass is 177 g/mol. The highest BCUT2D eigenvalue weighted by Crippen LogP contribution is 2.40. The molecule has 1 fully saturated rings. The lowest BCUT2D eigenvalue weighted by atomic mass is 10.1. The highest BCUT2D eigenvalue weighted by molar-refractivity contribution is 7.33. The molecule has 0 aromatic heterocycles. The van der Waals surface area contributed by atoms with E-state index in [1.807, 2.05) is 6.92 Å². The van der Waals surface area contributed by atoms with E-state index in [2.05, 4.69) is 4.52 Å². The van der Waals surface area contributed by atoms with Crippen molar-refractivity contribution < 1.29 is 13.6 Å². The van der Waals surface area contributed by atoms with E-state index < -0.39 is 8.25 Å². The van der Waals surface area contributed by atoms with Crippen molar-refractivity contribution >= 4 is 8.25 Å². The van der Waals surface area contributed by atoms with Crippen molar-refractivity contribution in [1.82, 2.24) is 0 Å². The van der Waals surface area contributed by atoms with E-state index in [-0.39, 0.29) is 5.60 Å². The molecule has 4 heteroatoms. The second-order valence-electron chi connectivity index (χ2n) is 3.15. The van der Waals surface area contributed by atoms with E-state index in [0.717, 1.165) is 12.8 Å². The zero-order chi connectivity index (χ0) is 8.32. The summed E-state index contributed by atoms with van der Waals surface area (Å²) in [6.07, 6.45) is 4.33. The first-order valence-electron chi connectivity index (χ1n) is 3.87. The molecule has 0 bridgehead atoms. The third-order valence-corrected chi connectivity index (χ3v) is 2.99. The van der Waals surface area contributed by atoms with Crippen LogP contribution < -0.4 is 0 Å². The Morgan fingerprint density at radius 1 is 1.36 bits per heavy atom. The fraction of sp³-hybridized carbons (Fsp3) is 1.00. The molecule has 11 heavy (non-hydrogen) atoms. The summed E-state index contributed by atoms with van der Waals surface area (Å²) in [5.41, 5.74) is -0.191. The molecule has 64 valence electrons. The molecule has 1 aliphatic carbocycles. The SMILES string of the molecule is CO[P+](=O)OC1(C)CCCC1. The minimum absolute atomic E-state index is 0.191. The maximum atomic E-state index is 10.9. The molecule has 0 aliphatic heterocycles. The van der Waals surface area contributed by atoms with E-state index in [1.54, 1.807) is 0 Å². The second-order valence-corrected chi connectivity index (χ2v) is 4.15. The predicted molar refractivity (Wildman–Crippen MR) is 42.6 cm³/mol. The van der Waals surface area contributed by atoms with Crippen LogP contribution in [-0.2, 0) is 13.6 Å². The molecule has 0 amide bonds. The molecule has 3 nitrogen and oxygen atoms in total. The van der Waals surface area contributed by atoms with Crippen LogP contribution in [0, 0.1) is 0 Å². The van der Waals surface area contributed by atoms with Gasteiger partial charge >= 0.3 is 8.25 Å². The van der Waals surface area contributed by atoms with E-state index in [4.69, 9.17) is 4.52 Å². The average molecular weight is 177 g/mol. The van der Waals surface area contributed by atoms with Gasteiger partial charge in [-0.05, 0) is 19.8 Å². The van der Waals surface area contributed by atoms with Gasteiger partial charge in [-0.2, -0.15) is 0 Å². The lowest BCUT2D eigenvalue weighted by molar-refractivity contribution is 0.0860. The summed E-state index contributed by atoms with van der Waals surface area (Å²) >= 11 is 0. The third-order valence-electron chi connectivity index (χ3n) is 2.11. The zero-order valence-electron chi connectivity index (χ0n) is 7.00. The van der Waals surface area contributed by atoms with Crippen molar-refractivity contribution in [2.75, 3.05) is 7.11 Å². The Morgan fingerprint density at radius 2 is 1.91 bits per heavy atom. The summed E-state index contributed by atoms with van der Waals surface area (Å²) in [5.74, 6) is 0. The summed E-state index contributed by atoms with van der Waals surface area (Å²) < 4.78 is 20.7. The minimum atomic E-state index is -1.89. The largest absolute Gasteiger partial charge is 0.697 e. The van der Waals surface area contributed by atoms with Gasteiger partial charge < -0.3 is 0 Å². The molecule has 1 saturated carbocycles. The van der Waals surface area contributed by atoms with Gasteiger partial charge in [-0.1, -0.05) is 12.8 Å². The highest BCUT2D eigenvalue weighted by atomic mass is 31.1. The van der Waals surface area contributed by atoms with Gasteiger partial charge in [-0.3, -0.25) is 0 Å². The fourth-order valence-corrected chi connectivity index (χ4v) is 2.05. The maximum Gasteiger partial charge on any atom is 0.697 e. The van der Waals surface area contributed by atoms with Crippen molar-refractivity contribution in [3.63, 3.8) is 0 Å². The summed E-state index contributed by atoms with van der Waals surface area (Å²) in [4.78, 5) is 0. The summed E-state index contributed by atoms with van der Waals surface area (Å²) in [7, 11) is -0.488. The molecule has 0 aromatic carbocycles. The number of rotatable bonds is 3. The van der Waals surface area contributed by atoms with Crippen LogP contribution in [0.2, 0.25) is 0 Å². The Balaban J connectivity index is 2.39. The van der Waals surface area contributed by atoms with Crippen LogP contribution in [0.15, 0.2) is 0 Å². The van der Waals surface area contributed by atoms with Crippen LogP contribution in [0.3, 0.4) is 0 Å². The van der Waals surface area contributed by atoms with E-state index in [1.165, 1.54) is 20.0 Å². The molecule has 0 heterocycles. The quantitative estimate of drug-likeness (QED) is 0.621. The molecule has 0 N–H and O–H groups in total. The van der Waals surface area contributed by atoms with Crippen LogP contribution >= 0.6 is 8.25 Å². The first-order chi connectivity index (χ1) is 5.16. The van der Waals surface area contributed by atoms with Crippen LogP contribution in [0.5, 0.6) is 0 Å². The summed E-state index contributed by atoms with van der Waals surface area (Å²) in [6.45, 7) is 1.99. The molecule has 0 spiro atoms. The predicted octanol–water partition coefficient (Wildman–Crippen LogP) is 2.64. The Labute approximate surface area is 68.0 Å². The van der Waals surface area contributed by atoms with E-state index >= 15 is 0 Å². The van der Waals surface area contributed by atoms with E-state index in [9.17, 15) is 4.57 Å². The van der Waals surface area contributed by atoms with Gasteiger partial charge in [0, 0.05) is 4.57 Å².